The molecular formula is C22H22N2. The Kier molecular flexibility index (Phi) is 3.53. The van der Waals surface area contributed by atoms with E-state index >= 15 is 0 Å². The highest BCUT2D eigenvalue weighted by molar-refractivity contribution is 5.97. The third-order valence-electron chi connectivity index (χ3n) is 4.83. The summed E-state index contributed by atoms with van der Waals surface area (Å²) < 4.78 is 2.22. The second kappa shape index (κ2) is 5.72. The van der Waals surface area contributed by atoms with Crippen LogP contribution in [0.15, 0.2) is 66.9 Å². The number of aromatic nitrogens is 1. The van der Waals surface area contributed by atoms with Crippen LogP contribution in [0.1, 0.15) is 11.1 Å². The molecule has 0 spiro atoms. The average molecular weight is 314 g/mol. The molecule has 0 N–H and O–H groups in total. The van der Waals surface area contributed by atoms with Crippen LogP contribution in [0.2, 0.25) is 0 Å². The third kappa shape index (κ3) is 2.35. The first-order valence-corrected chi connectivity index (χ1v) is 8.36. The van der Waals surface area contributed by atoms with Crippen molar-refractivity contribution in [2.75, 3.05) is 19.0 Å². The number of rotatable bonds is 3. The molecule has 1 aromatic heterocycles. The minimum absolute atomic E-state index is 0.954. The quantitative estimate of drug-likeness (QED) is 0.517. The van der Waals surface area contributed by atoms with Crippen LogP contribution in [0, 0.1) is 0 Å². The largest absolute Gasteiger partial charge is 0.377 e. The zero-order chi connectivity index (χ0) is 16.7. The van der Waals surface area contributed by atoms with Crippen molar-refractivity contribution in [3.63, 3.8) is 0 Å². The maximum absolute atomic E-state index is 2.28. The maximum atomic E-state index is 2.28. The topological polar surface area (TPSA) is 8.17 Å². The molecule has 120 valence electrons. The first-order chi connectivity index (χ1) is 11.6. The fourth-order valence-corrected chi connectivity index (χ4v) is 3.66. The lowest BCUT2D eigenvalue weighted by Crippen LogP contribution is -2.09. The first kappa shape index (κ1) is 14.8. The van der Waals surface area contributed by atoms with E-state index in [0.29, 0.717) is 0 Å². The van der Waals surface area contributed by atoms with E-state index in [1.807, 2.05) is 0 Å². The minimum atomic E-state index is 0.954. The van der Waals surface area contributed by atoms with Gasteiger partial charge in [0.25, 0.3) is 0 Å². The zero-order valence-electron chi connectivity index (χ0n) is 14.5. The van der Waals surface area contributed by atoms with Gasteiger partial charge >= 0.3 is 0 Å². The number of hydrogen-bond acceptors (Lipinski definition) is 1. The Morgan fingerprint density at radius 2 is 1.42 bits per heavy atom. The molecule has 0 atom stereocenters. The van der Waals surface area contributed by atoms with E-state index in [2.05, 4.69) is 97.5 Å². The Morgan fingerprint density at radius 3 is 2.17 bits per heavy atom. The molecule has 3 aromatic carbocycles. The Labute approximate surface area is 142 Å². The molecule has 0 saturated carbocycles. The SMILES string of the molecule is CN(C)c1ccc(Cc2cn(C)c3ccccc23)c2ccccc12. The molecule has 0 radical (unpaired) electrons. The number of hydrogen-bond donors (Lipinski definition) is 0. The second-order valence-corrected chi connectivity index (χ2v) is 6.64. The standard InChI is InChI=1S/C22H22N2/c1-23(2)21-13-12-16(18-8-4-5-10-20(18)21)14-17-15-24(3)22-11-7-6-9-19(17)22/h4-13,15H,14H2,1-3H3. The van der Waals surface area contributed by atoms with E-state index in [0.717, 1.165) is 6.42 Å². The summed E-state index contributed by atoms with van der Waals surface area (Å²) in [7, 11) is 6.33. The molecule has 0 aliphatic carbocycles. The van der Waals surface area contributed by atoms with Crippen LogP contribution in [0.5, 0.6) is 0 Å². The summed E-state index contributed by atoms with van der Waals surface area (Å²) >= 11 is 0. The average Bonchev–Trinajstić information content (AvgIpc) is 2.91. The Morgan fingerprint density at radius 1 is 0.750 bits per heavy atom. The van der Waals surface area contributed by atoms with Crippen molar-refractivity contribution in [3.05, 3.63) is 78.0 Å². The van der Waals surface area contributed by atoms with Gasteiger partial charge in [0.15, 0.2) is 0 Å². The van der Waals surface area contributed by atoms with Crippen molar-refractivity contribution in [3.8, 4) is 0 Å². The van der Waals surface area contributed by atoms with Gasteiger partial charge in [-0.2, -0.15) is 0 Å². The highest BCUT2D eigenvalue weighted by atomic mass is 15.1. The molecule has 0 aliphatic rings. The van der Waals surface area contributed by atoms with Gasteiger partial charge in [-0.05, 0) is 28.6 Å². The molecule has 0 unspecified atom stereocenters. The van der Waals surface area contributed by atoms with Crippen molar-refractivity contribution >= 4 is 27.4 Å². The van der Waals surface area contributed by atoms with E-state index in [-0.39, 0.29) is 0 Å². The molecule has 0 aliphatic heterocycles. The molecule has 0 bridgehead atoms. The van der Waals surface area contributed by atoms with Crippen LogP contribution in [0.4, 0.5) is 5.69 Å². The van der Waals surface area contributed by atoms with Gasteiger partial charge < -0.3 is 9.47 Å². The van der Waals surface area contributed by atoms with Crippen molar-refractivity contribution in [2.24, 2.45) is 7.05 Å². The normalized spacial score (nSPS) is 11.3. The fourth-order valence-electron chi connectivity index (χ4n) is 3.66. The predicted molar refractivity (Wildman–Crippen MR) is 104 cm³/mol. The second-order valence-electron chi connectivity index (χ2n) is 6.64. The van der Waals surface area contributed by atoms with Gasteiger partial charge in [0.05, 0.1) is 0 Å². The van der Waals surface area contributed by atoms with Gasteiger partial charge in [-0.25, -0.2) is 0 Å². The lowest BCUT2D eigenvalue weighted by atomic mass is 9.97. The molecule has 1 heterocycles. The van der Waals surface area contributed by atoms with Gasteiger partial charge in [0.1, 0.15) is 0 Å². The summed E-state index contributed by atoms with van der Waals surface area (Å²) in [4.78, 5) is 2.18. The van der Waals surface area contributed by atoms with E-state index < -0.39 is 0 Å². The van der Waals surface area contributed by atoms with Crippen LogP contribution < -0.4 is 4.90 Å². The summed E-state index contributed by atoms with van der Waals surface area (Å²) in [6, 6.07) is 21.9. The monoisotopic (exact) mass is 314 g/mol. The van der Waals surface area contributed by atoms with Gasteiger partial charge in [-0.1, -0.05) is 48.5 Å². The van der Waals surface area contributed by atoms with Gasteiger partial charge in [-0.15, -0.1) is 0 Å². The van der Waals surface area contributed by atoms with Crippen LogP contribution in [0.3, 0.4) is 0 Å². The zero-order valence-corrected chi connectivity index (χ0v) is 14.5. The summed E-state index contributed by atoms with van der Waals surface area (Å²) in [6.07, 6.45) is 3.22. The lowest BCUT2D eigenvalue weighted by molar-refractivity contribution is 0.958. The van der Waals surface area contributed by atoms with Crippen LogP contribution in [-0.2, 0) is 13.5 Å². The van der Waals surface area contributed by atoms with Crippen molar-refractivity contribution in [1.82, 2.24) is 4.57 Å². The number of nitrogens with zero attached hydrogens (tertiary/aromatic N) is 2. The molecular weight excluding hydrogens is 292 g/mol. The van der Waals surface area contributed by atoms with Gasteiger partial charge in [0, 0.05) is 55.7 Å². The summed E-state index contributed by atoms with van der Waals surface area (Å²) in [5.74, 6) is 0. The number of para-hydroxylation sites is 1. The summed E-state index contributed by atoms with van der Waals surface area (Å²) in [6.45, 7) is 0. The summed E-state index contributed by atoms with van der Waals surface area (Å²) in [5.41, 5.74) is 5.33. The van der Waals surface area contributed by atoms with Crippen LogP contribution >= 0.6 is 0 Å². The lowest BCUT2D eigenvalue weighted by Gasteiger charge is -2.17. The van der Waals surface area contributed by atoms with Gasteiger partial charge in [-0.3, -0.25) is 0 Å². The Bertz CT molecular complexity index is 1020. The van der Waals surface area contributed by atoms with E-state index in [9.17, 15) is 0 Å². The number of fused-ring (bicyclic) bond motifs is 2. The molecule has 4 rings (SSSR count). The predicted octanol–water partition coefficient (Wildman–Crippen LogP) is 4.99. The Hall–Kier alpha value is -2.74. The third-order valence-corrected chi connectivity index (χ3v) is 4.83. The number of benzene rings is 3. The maximum Gasteiger partial charge on any atom is 0.0480 e. The molecule has 2 heteroatoms. The number of anilines is 1. The van der Waals surface area contributed by atoms with Crippen LogP contribution in [0.25, 0.3) is 21.7 Å². The highest BCUT2D eigenvalue weighted by Crippen LogP contribution is 2.31. The first-order valence-electron chi connectivity index (χ1n) is 8.36. The van der Waals surface area contributed by atoms with E-state index in [1.165, 1.54) is 38.5 Å². The smallest absolute Gasteiger partial charge is 0.0480 e. The minimum Gasteiger partial charge on any atom is -0.377 e. The number of aryl methyl sites for hydroxylation is 1. The van der Waals surface area contributed by atoms with Crippen molar-refractivity contribution in [1.29, 1.82) is 0 Å². The molecule has 4 aromatic rings. The summed E-state index contributed by atoms with van der Waals surface area (Å²) in [5, 5.41) is 4.01. The molecule has 0 fully saturated rings. The highest BCUT2D eigenvalue weighted by Gasteiger charge is 2.11. The molecule has 0 saturated heterocycles. The molecule has 24 heavy (non-hydrogen) atoms. The van der Waals surface area contributed by atoms with Crippen molar-refractivity contribution < 1.29 is 0 Å². The Balaban J connectivity index is 1.87. The van der Waals surface area contributed by atoms with Crippen LogP contribution in [-0.4, -0.2) is 18.7 Å². The molecule has 2 nitrogen and oxygen atoms in total. The molecule has 0 amide bonds. The van der Waals surface area contributed by atoms with E-state index in [1.54, 1.807) is 0 Å². The fraction of sp³-hybridized carbons (Fsp3) is 0.182. The van der Waals surface area contributed by atoms with Gasteiger partial charge in [0.2, 0.25) is 0 Å². The van der Waals surface area contributed by atoms with E-state index in [4.69, 9.17) is 0 Å². The van der Waals surface area contributed by atoms with Crippen molar-refractivity contribution in [2.45, 2.75) is 6.42 Å².